The molecule has 0 saturated carbocycles. The Labute approximate surface area is 241 Å². The SMILES string of the molecule is CCC(C(=O)NC(C)(C)C)N(Cc1cccc(OC)c1)C(=O)CN(c1ccc(Cl)cc1)S(=O)(=O)c1ccccc1. The number of carbonyl (C=O) groups is 2. The van der Waals surface area contributed by atoms with E-state index in [2.05, 4.69) is 5.32 Å². The minimum Gasteiger partial charge on any atom is -0.497 e. The molecule has 0 heterocycles. The monoisotopic (exact) mass is 585 g/mol. The third kappa shape index (κ3) is 7.99. The van der Waals surface area contributed by atoms with Crippen LogP contribution in [0.15, 0.2) is 83.8 Å². The quantitative estimate of drug-likeness (QED) is 0.331. The summed E-state index contributed by atoms with van der Waals surface area (Å²) in [6.07, 6.45) is 0.323. The van der Waals surface area contributed by atoms with Crippen molar-refractivity contribution in [2.75, 3.05) is 18.0 Å². The Kier molecular flexibility index (Phi) is 10.2. The van der Waals surface area contributed by atoms with Crippen molar-refractivity contribution in [1.29, 1.82) is 0 Å². The highest BCUT2D eigenvalue weighted by molar-refractivity contribution is 7.92. The van der Waals surface area contributed by atoms with Gasteiger partial charge in [0.1, 0.15) is 18.3 Å². The molecule has 3 aromatic rings. The molecule has 0 aliphatic heterocycles. The number of ether oxygens (including phenoxy) is 1. The summed E-state index contributed by atoms with van der Waals surface area (Å²) in [4.78, 5) is 28.9. The lowest BCUT2D eigenvalue weighted by molar-refractivity contribution is -0.141. The number of anilines is 1. The van der Waals surface area contributed by atoms with Gasteiger partial charge in [-0.1, -0.05) is 48.9 Å². The molecule has 0 radical (unpaired) electrons. The van der Waals surface area contributed by atoms with Crippen molar-refractivity contribution in [2.45, 2.75) is 57.1 Å². The van der Waals surface area contributed by atoms with Crippen LogP contribution in [0.1, 0.15) is 39.7 Å². The van der Waals surface area contributed by atoms with E-state index in [1.165, 1.54) is 17.0 Å². The standard InChI is InChI=1S/C30H36ClN3O5S/c1-6-27(29(36)32-30(2,3)4)33(20-22-11-10-12-25(19-22)39-5)28(35)21-34(24-17-15-23(31)16-18-24)40(37,38)26-13-8-7-9-14-26/h7-19,27H,6,20-21H2,1-5H3,(H,32,36). The second kappa shape index (κ2) is 13.2. The molecule has 1 N–H and O–H groups in total. The van der Waals surface area contributed by atoms with Gasteiger partial charge in [-0.3, -0.25) is 13.9 Å². The topological polar surface area (TPSA) is 96.0 Å². The molecule has 10 heteroatoms. The summed E-state index contributed by atoms with van der Waals surface area (Å²) in [6, 6.07) is 20.5. The molecule has 1 unspecified atom stereocenters. The van der Waals surface area contributed by atoms with Crippen LogP contribution >= 0.6 is 11.6 Å². The summed E-state index contributed by atoms with van der Waals surface area (Å²) < 4.78 is 34.0. The second-order valence-corrected chi connectivity index (χ2v) is 12.6. The maximum absolute atomic E-state index is 14.1. The molecule has 8 nitrogen and oxygen atoms in total. The zero-order valence-electron chi connectivity index (χ0n) is 23.4. The van der Waals surface area contributed by atoms with Gasteiger partial charge in [0.25, 0.3) is 10.0 Å². The van der Waals surface area contributed by atoms with E-state index in [4.69, 9.17) is 16.3 Å². The highest BCUT2D eigenvalue weighted by atomic mass is 35.5. The van der Waals surface area contributed by atoms with E-state index >= 15 is 0 Å². The van der Waals surface area contributed by atoms with Crippen LogP contribution in [0.2, 0.25) is 5.02 Å². The predicted molar refractivity (Wildman–Crippen MR) is 158 cm³/mol. The Hall–Kier alpha value is -3.56. The van der Waals surface area contributed by atoms with Gasteiger partial charge in [-0.25, -0.2) is 8.42 Å². The molecular formula is C30H36ClN3O5S. The molecule has 1 atom stereocenters. The molecule has 0 aliphatic rings. The lowest BCUT2D eigenvalue weighted by Gasteiger charge is -2.34. The normalized spacial score (nSPS) is 12.3. The number of carbonyl (C=O) groups excluding carboxylic acids is 2. The van der Waals surface area contributed by atoms with E-state index in [1.807, 2.05) is 33.8 Å². The Morgan fingerprint density at radius 3 is 2.20 bits per heavy atom. The molecular weight excluding hydrogens is 550 g/mol. The van der Waals surface area contributed by atoms with Crippen molar-refractivity contribution in [1.82, 2.24) is 10.2 Å². The lowest BCUT2D eigenvalue weighted by atomic mass is 10.1. The number of nitrogens with one attached hydrogen (secondary N) is 1. The van der Waals surface area contributed by atoms with Crippen LogP contribution < -0.4 is 14.4 Å². The van der Waals surface area contributed by atoms with Crippen molar-refractivity contribution >= 4 is 39.1 Å². The number of methoxy groups -OCH3 is 1. The molecule has 0 fully saturated rings. The van der Waals surface area contributed by atoms with Gasteiger partial charge in [0.05, 0.1) is 17.7 Å². The van der Waals surface area contributed by atoms with Gasteiger partial charge in [0.15, 0.2) is 0 Å². The first-order valence-corrected chi connectivity index (χ1v) is 14.8. The molecule has 0 bridgehead atoms. The number of amides is 2. The number of benzene rings is 3. The number of rotatable bonds is 11. The van der Waals surface area contributed by atoms with Crippen LogP contribution in [0.3, 0.4) is 0 Å². The molecule has 3 rings (SSSR count). The molecule has 2 amide bonds. The van der Waals surface area contributed by atoms with Crippen LogP contribution in [-0.2, 0) is 26.2 Å². The molecule has 0 aliphatic carbocycles. The molecule has 214 valence electrons. The van der Waals surface area contributed by atoms with E-state index in [0.717, 1.165) is 9.87 Å². The van der Waals surface area contributed by atoms with E-state index in [1.54, 1.807) is 67.8 Å². The van der Waals surface area contributed by atoms with Crippen LogP contribution in [0, 0.1) is 0 Å². The van der Waals surface area contributed by atoms with Gasteiger partial charge in [-0.2, -0.15) is 0 Å². The van der Waals surface area contributed by atoms with Gasteiger partial charge in [0, 0.05) is 17.1 Å². The van der Waals surface area contributed by atoms with E-state index in [-0.39, 0.29) is 23.0 Å². The number of nitrogens with zero attached hydrogens (tertiary/aromatic N) is 2. The first-order chi connectivity index (χ1) is 18.9. The average Bonchev–Trinajstić information content (AvgIpc) is 2.91. The van der Waals surface area contributed by atoms with Crippen molar-refractivity contribution in [3.05, 3.63) is 89.4 Å². The first kappa shape index (κ1) is 31.0. The first-order valence-electron chi connectivity index (χ1n) is 12.9. The zero-order chi connectivity index (χ0) is 29.5. The third-order valence-electron chi connectivity index (χ3n) is 6.10. The van der Waals surface area contributed by atoms with Crippen molar-refractivity contribution in [2.24, 2.45) is 0 Å². The summed E-state index contributed by atoms with van der Waals surface area (Å²) in [6.45, 7) is 6.95. The fourth-order valence-electron chi connectivity index (χ4n) is 4.20. The summed E-state index contributed by atoms with van der Waals surface area (Å²) >= 11 is 6.07. The Morgan fingerprint density at radius 2 is 1.62 bits per heavy atom. The minimum absolute atomic E-state index is 0.0367. The lowest BCUT2D eigenvalue weighted by Crippen LogP contribution is -2.55. The second-order valence-electron chi connectivity index (χ2n) is 10.3. The van der Waals surface area contributed by atoms with E-state index in [0.29, 0.717) is 17.2 Å². The Bertz CT molecular complexity index is 1410. The molecule has 0 aromatic heterocycles. The maximum atomic E-state index is 14.1. The molecule has 0 saturated heterocycles. The van der Waals surface area contributed by atoms with E-state index < -0.39 is 34.1 Å². The fraction of sp³-hybridized carbons (Fsp3) is 0.333. The number of halogens is 1. The molecule has 40 heavy (non-hydrogen) atoms. The number of hydrogen-bond donors (Lipinski definition) is 1. The van der Waals surface area contributed by atoms with Gasteiger partial charge in [-0.05, 0) is 81.3 Å². The molecule has 3 aromatic carbocycles. The van der Waals surface area contributed by atoms with Crippen LogP contribution in [0.5, 0.6) is 5.75 Å². The fourth-order valence-corrected chi connectivity index (χ4v) is 5.76. The van der Waals surface area contributed by atoms with Crippen LogP contribution in [-0.4, -0.2) is 50.4 Å². The van der Waals surface area contributed by atoms with Crippen molar-refractivity contribution in [3.8, 4) is 5.75 Å². The predicted octanol–water partition coefficient (Wildman–Crippen LogP) is 5.27. The number of sulfonamides is 1. The smallest absolute Gasteiger partial charge is 0.264 e. The van der Waals surface area contributed by atoms with Gasteiger partial charge < -0.3 is 15.0 Å². The Morgan fingerprint density at radius 1 is 0.975 bits per heavy atom. The van der Waals surface area contributed by atoms with Crippen LogP contribution in [0.25, 0.3) is 0 Å². The Balaban J connectivity index is 2.06. The molecule has 0 spiro atoms. The summed E-state index contributed by atoms with van der Waals surface area (Å²) in [7, 11) is -2.59. The van der Waals surface area contributed by atoms with Gasteiger partial charge in [0.2, 0.25) is 11.8 Å². The summed E-state index contributed by atoms with van der Waals surface area (Å²) in [5, 5.41) is 3.38. The third-order valence-corrected chi connectivity index (χ3v) is 8.14. The number of hydrogen-bond acceptors (Lipinski definition) is 5. The summed E-state index contributed by atoms with van der Waals surface area (Å²) in [5.41, 5.74) is 0.482. The largest absolute Gasteiger partial charge is 0.497 e. The van der Waals surface area contributed by atoms with Crippen molar-refractivity contribution < 1.29 is 22.7 Å². The van der Waals surface area contributed by atoms with Gasteiger partial charge >= 0.3 is 0 Å². The highest BCUT2D eigenvalue weighted by Crippen LogP contribution is 2.26. The highest BCUT2D eigenvalue weighted by Gasteiger charge is 2.34. The van der Waals surface area contributed by atoms with E-state index in [9.17, 15) is 18.0 Å². The summed E-state index contributed by atoms with van der Waals surface area (Å²) in [5.74, 6) is -0.255. The van der Waals surface area contributed by atoms with Crippen molar-refractivity contribution in [3.63, 3.8) is 0 Å². The maximum Gasteiger partial charge on any atom is 0.264 e. The zero-order valence-corrected chi connectivity index (χ0v) is 25.0. The van der Waals surface area contributed by atoms with Crippen LogP contribution in [0.4, 0.5) is 5.69 Å². The van der Waals surface area contributed by atoms with Gasteiger partial charge in [-0.15, -0.1) is 0 Å². The average molecular weight is 586 g/mol. The minimum atomic E-state index is -4.14.